The van der Waals surface area contributed by atoms with Crippen LogP contribution in [-0.2, 0) is 9.53 Å². The van der Waals surface area contributed by atoms with Crippen molar-refractivity contribution in [3.63, 3.8) is 0 Å². The number of ether oxygens (including phenoxy) is 1. The maximum absolute atomic E-state index is 13.4. The highest BCUT2D eigenvalue weighted by Crippen LogP contribution is 2.82. The van der Waals surface area contributed by atoms with Crippen LogP contribution in [0.4, 0.5) is 0 Å². The lowest BCUT2D eigenvalue weighted by Gasteiger charge is -2.67. The van der Waals surface area contributed by atoms with E-state index in [4.69, 9.17) is 4.74 Å². The van der Waals surface area contributed by atoms with E-state index in [1.165, 1.54) is 6.42 Å². The molecule has 0 aromatic heterocycles. The summed E-state index contributed by atoms with van der Waals surface area (Å²) in [5, 5.41) is 11.3. The summed E-state index contributed by atoms with van der Waals surface area (Å²) in [5.74, 6) is 1.67. The minimum atomic E-state index is -0.613. The molecule has 24 heavy (non-hydrogen) atoms. The van der Waals surface area contributed by atoms with E-state index in [1.807, 2.05) is 14.0 Å². The molecule has 4 aliphatic rings. The Morgan fingerprint density at radius 2 is 2.04 bits per heavy atom. The zero-order valence-electron chi connectivity index (χ0n) is 15.5. The largest absolute Gasteiger partial charge is 0.393 e. The maximum atomic E-state index is 13.4. The summed E-state index contributed by atoms with van der Waals surface area (Å²) in [5.41, 5.74) is -0.576. The van der Waals surface area contributed by atoms with Gasteiger partial charge in [0.2, 0.25) is 0 Å². The number of hydrogen-bond donors (Lipinski definition) is 1. The quantitative estimate of drug-likeness (QED) is 0.786. The Labute approximate surface area is 145 Å². The van der Waals surface area contributed by atoms with Crippen molar-refractivity contribution in [2.75, 3.05) is 7.11 Å². The van der Waals surface area contributed by atoms with Gasteiger partial charge in [0.1, 0.15) is 5.78 Å². The molecule has 3 heteroatoms. The highest BCUT2D eigenvalue weighted by molar-refractivity contribution is 5.89. The number of aliphatic hydroxyl groups excluding tert-OH is 1. The molecule has 0 aromatic rings. The highest BCUT2D eigenvalue weighted by Gasteiger charge is 2.80. The number of aliphatic hydroxyl groups is 1. The van der Waals surface area contributed by atoms with Crippen LogP contribution in [0.2, 0.25) is 0 Å². The van der Waals surface area contributed by atoms with Crippen LogP contribution in [0.15, 0.2) is 12.7 Å². The summed E-state index contributed by atoms with van der Waals surface area (Å²) in [6.07, 6.45) is 6.47. The fourth-order valence-electron chi connectivity index (χ4n) is 8.12. The molecule has 9 atom stereocenters. The first kappa shape index (κ1) is 16.8. The number of allylic oxidation sites excluding steroid dienone is 1. The van der Waals surface area contributed by atoms with E-state index in [0.29, 0.717) is 18.3 Å². The van der Waals surface area contributed by atoms with Crippen molar-refractivity contribution in [3.8, 4) is 0 Å². The zero-order chi connectivity index (χ0) is 17.5. The molecule has 3 nitrogen and oxygen atoms in total. The zero-order valence-corrected chi connectivity index (χ0v) is 15.5. The van der Waals surface area contributed by atoms with Gasteiger partial charge in [0.25, 0.3) is 0 Å². The lowest BCUT2D eigenvalue weighted by Crippen LogP contribution is -2.68. The van der Waals surface area contributed by atoms with Crippen LogP contribution in [0.25, 0.3) is 0 Å². The number of methoxy groups -OCH3 is 1. The van der Waals surface area contributed by atoms with Gasteiger partial charge in [0, 0.05) is 23.9 Å². The predicted molar refractivity (Wildman–Crippen MR) is 93.4 cm³/mol. The SMILES string of the molecule is C=C[C@@]1(C)C[C@@H](O)C2[C@H](C)CC3C[C@]4(CC[C@@H](OC)[C@@]324)[C@@H](C)C1=O. The molecule has 0 amide bonds. The molecule has 4 fully saturated rings. The van der Waals surface area contributed by atoms with E-state index in [2.05, 4.69) is 20.4 Å². The van der Waals surface area contributed by atoms with E-state index < -0.39 is 11.5 Å². The van der Waals surface area contributed by atoms with Crippen molar-refractivity contribution in [1.82, 2.24) is 0 Å². The molecular formula is C21H32O3. The molecule has 0 heterocycles. The molecule has 134 valence electrons. The Morgan fingerprint density at radius 1 is 1.33 bits per heavy atom. The minimum Gasteiger partial charge on any atom is -0.393 e. The van der Waals surface area contributed by atoms with E-state index in [9.17, 15) is 9.90 Å². The first-order chi connectivity index (χ1) is 11.3. The smallest absolute Gasteiger partial charge is 0.145 e. The van der Waals surface area contributed by atoms with Gasteiger partial charge >= 0.3 is 0 Å². The molecule has 4 rings (SSSR count). The number of carbonyl (C=O) groups excluding carboxylic acids is 1. The van der Waals surface area contributed by atoms with Crippen LogP contribution in [-0.4, -0.2) is 30.2 Å². The molecule has 2 unspecified atom stereocenters. The Morgan fingerprint density at radius 3 is 2.67 bits per heavy atom. The van der Waals surface area contributed by atoms with Crippen LogP contribution in [0.3, 0.4) is 0 Å². The minimum absolute atomic E-state index is 0.0121. The van der Waals surface area contributed by atoms with Crippen LogP contribution in [0, 0.1) is 39.9 Å². The molecular weight excluding hydrogens is 300 g/mol. The average molecular weight is 332 g/mol. The topological polar surface area (TPSA) is 46.5 Å². The molecule has 4 aliphatic carbocycles. The second-order valence-corrected chi connectivity index (χ2v) is 9.47. The molecule has 0 saturated heterocycles. The summed E-state index contributed by atoms with van der Waals surface area (Å²) < 4.78 is 5.99. The average Bonchev–Trinajstić information content (AvgIpc) is 2.93. The van der Waals surface area contributed by atoms with Gasteiger partial charge in [0.05, 0.1) is 12.2 Å². The lowest BCUT2D eigenvalue weighted by molar-refractivity contribution is -0.234. The highest BCUT2D eigenvalue weighted by atomic mass is 16.5. The van der Waals surface area contributed by atoms with E-state index in [1.54, 1.807) is 6.08 Å². The third kappa shape index (κ3) is 1.55. The fraction of sp³-hybridized carbons (Fsp3) is 0.857. The first-order valence-corrected chi connectivity index (χ1v) is 9.67. The summed E-state index contributed by atoms with van der Waals surface area (Å²) in [6, 6.07) is 0. The Balaban J connectivity index is 1.91. The molecule has 4 saturated carbocycles. The number of carbonyl (C=O) groups is 1. The van der Waals surface area contributed by atoms with Crippen LogP contribution in [0.1, 0.15) is 52.9 Å². The summed E-state index contributed by atoms with van der Waals surface area (Å²) in [4.78, 5) is 13.4. The van der Waals surface area contributed by atoms with Crippen molar-refractivity contribution in [3.05, 3.63) is 12.7 Å². The van der Waals surface area contributed by atoms with Crippen molar-refractivity contribution >= 4 is 5.78 Å². The van der Waals surface area contributed by atoms with Crippen molar-refractivity contribution in [1.29, 1.82) is 0 Å². The predicted octanol–water partition coefficient (Wildman–Crippen LogP) is 3.61. The van der Waals surface area contributed by atoms with Gasteiger partial charge in [-0.15, -0.1) is 6.58 Å². The second kappa shape index (κ2) is 4.94. The Kier molecular flexibility index (Phi) is 3.46. The number of Topliss-reactive ketones (excluding diaryl/α,β-unsaturated/α-hetero) is 1. The number of rotatable bonds is 2. The standard InChI is InChI=1S/C21H32O3/c1-6-19(4)11-15(22)17-12(2)9-14-10-20(13(3)18(19)23)8-7-16(24-5)21(14,17)20/h6,12-17,22H,1,7-11H2,2-5H3/t12-,13+,14?,15-,16-,17?,19+,20-,21+/m1/s1. The van der Waals surface area contributed by atoms with Gasteiger partial charge in [-0.25, -0.2) is 0 Å². The van der Waals surface area contributed by atoms with Crippen molar-refractivity contribution < 1.29 is 14.6 Å². The van der Waals surface area contributed by atoms with E-state index in [-0.39, 0.29) is 34.6 Å². The third-order valence-electron chi connectivity index (χ3n) is 8.92. The van der Waals surface area contributed by atoms with Crippen LogP contribution in [0.5, 0.6) is 0 Å². The van der Waals surface area contributed by atoms with Gasteiger partial charge in [-0.2, -0.15) is 0 Å². The third-order valence-corrected chi connectivity index (χ3v) is 8.92. The van der Waals surface area contributed by atoms with E-state index in [0.717, 1.165) is 19.3 Å². The summed E-state index contributed by atoms with van der Waals surface area (Å²) in [7, 11) is 1.82. The lowest BCUT2D eigenvalue weighted by atomic mass is 9.37. The van der Waals surface area contributed by atoms with Gasteiger partial charge < -0.3 is 9.84 Å². The molecule has 0 radical (unpaired) electrons. The Hall–Kier alpha value is -0.670. The molecule has 1 N–H and O–H groups in total. The van der Waals surface area contributed by atoms with Gasteiger partial charge in [-0.3, -0.25) is 4.79 Å². The molecule has 0 aliphatic heterocycles. The maximum Gasteiger partial charge on any atom is 0.145 e. The fourth-order valence-corrected chi connectivity index (χ4v) is 8.12. The van der Waals surface area contributed by atoms with Crippen molar-refractivity contribution in [2.45, 2.75) is 65.1 Å². The Bertz CT molecular complexity index is 586. The first-order valence-electron chi connectivity index (χ1n) is 9.67. The van der Waals surface area contributed by atoms with Crippen LogP contribution >= 0.6 is 0 Å². The van der Waals surface area contributed by atoms with Gasteiger partial charge in [-0.05, 0) is 62.2 Å². The monoisotopic (exact) mass is 332 g/mol. The van der Waals surface area contributed by atoms with E-state index >= 15 is 0 Å². The summed E-state index contributed by atoms with van der Waals surface area (Å²) in [6.45, 7) is 10.4. The van der Waals surface area contributed by atoms with Gasteiger partial charge in [0.15, 0.2) is 0 Å². The molecule has 0 bridgehead atoms. The van der Waals surface area contributed by atoms with Gasteiger partial charge in [-0.1, -0.05) is 19.9 Å². The normalized spacial score (nSPS) is 59.1. The second-order valence-electron chi connectivity index (χ2n) is 9.47. The van der Waals surface area contributed by atoms with Crippen molar-refractivity contribution in [2.24, 2.45) is 39.9 Å². The molecule has 1 spiro atoms. The van der Waals surface area contributed by atoms with Crippen LogP contribution < -0.4 is 0 Å². The number of hydrogen-bond acceptors (Lipinski definition) is 3. The number of ketones is 1. The summed E-state index contributed by atoms with van der Waals surface area (Å²) >= 11 is 0. The molecule has 0 aromatic carbocycles.